The number of carbonyl (C=O) groups excluding carboxylic acids is 1. The Kier molecular flexibility index (Phi) is 4.54. The molecule has 0 saturated carbocycles. The zero-order valence-corrected chi connectivity index (χ0v) is 12.2. The third-order valence-corrected chi connectivity index (χ3v) is 3.18. The van der Waals surface area contributed by atoms with Crippen LogP contribution < -0.4 is 10.0 Å². The molecule has 0 saturated heterocycles. The summed E-state index contributed by atoms with van der Waals surface area (Å²) in [6.07, 6.45) is 4.38. The minimum absolute atomic E-state index is 0.275. The van der Waals surface area contributed by atoms with Crippen LogP contribution in [0.25, 0.3) is 0 Å². The van der Waals surface area contributed by atoms with Crippen molar-refractivity contribution >= 4 is 21.6 Å². The summed E-state index contributed by atoms with van der Waals surface area (Å²) in [5.74, 6) is -0.650. The number of carbonyl (C=O) groups is 1. The fourth-order valence-corrected chi connectivity index (χ4v) is 2.16. The molecule has 0 atom stereocenters. The van der Waals surface area contributed by atoms with Gasteiger partial charge in [0.2, 0.25) is 10.0 Å². The number of anilines is 1. The Labute approximate surface area is 123 Å². The Bertz CT molecular complexity index is 730. The first-order chi connectivity index (χ1) is 9.94. The summed E-state index contributed by atoms with van der Waals surface area (Å²) < 4.78 is 24.0. The first kappa shape index (κ1) is 15.0. The summed E-state index contributed by atoms with van der Waals surface area (Å²) in [6.45, 7) is 0.561. The molecule has 0 bridgehead atoms. The van der Waals surface area contributed by atoms with E-state index in [0.29, 0.717) is 6.54 Å². The summed E-state index contributed by atoms with van der Waals surface area (Å²) in [7, 11) is -3.57. The maximum absolute atomic E-state index is 11.8. The third kappa shape index (κ3) is 4.88. The number of pyridine rings is 1. The van der Waals surface area contributed by atoms with E-state index in [1.807, 2.05) is 16.9 Å². The van der Waals surface area contributed by atoms with Crippen LogP contribution in [0.15, 0.2) is 48.8 Å². The van der Waals surface area contributed by atoms with Crippen molar-refractivity contribution in [3.8, 4) is 0 Å². The molecule has 21 heavy (non-hydrogen) atoms. The molecule has 0 aliphatic rings. The van der Waals surface area contributed by atoms with Crippen LogP contribution >= 0.6 is 0 Å². The van der Waals surface area contributed by atoms with Crippen LogP contribution in [-0.4, -0.2) is 25.6 Å². The maximum Gasteiger partial charge on any atom is 0.264 e. The number of amides is 1. The molecule has 0 fully saturated rings. The Balaban J connectivity index is 2.06. The highest BCUT2D eigenvalue weighted by atomic mass is 32.2. The van der Waals surface area contributed by atoms with Crippen molar-refractivity contribution in [1.82, 2.24) is 9.71 Å². The molecule has 2 rings (SSSR count). The summed E-state index contributed by atoms with van der Waals surface area (Å²) in [5.41, 5.74) is 2.00. The lowest BCUT2D eigenvalue weighted by atomic mass is 10.2. The van der Waals surface area contributed by atoms with Gasteiger partial charge >= 0.3 is 0 Å². The highest BCUT2D eigenvalue weighted by Gasteiger charge is 2.11. The largest absolute Gasteiger partial charge is 0.381 e. The predicted octanol–water partition coefficient (Wildman–Crippen LogP) is 1.38. The summed E-state index contributed by atoms with van der Waals surface area (Å²) in [4.78, 5) is 15.8. The van der Waals surface area contributed by atoms with Gasteiger partial charge in [-0.3, -0.25) is 9.78 Å². The summed E-state index contributed by atoms with van der Waals surface area (Å²) >= 11 is 0. The van der Waals surface area contributed by atoms with Crippen LogP contribution in [0, 0.1) is 0 Å². The van der Waals surface area contributed by atoms with Gasteiger partial charge in [0.15, 0.2) is 0 Å². The average molecular weight is 305 g/mol. The van der Waals surface area contributed by atoms with Gasteiger partial charge in [0.25, 0.3) is 5.91 Å². The number of hydrogen-bond donors (Lipinski definition) is 2. The molecule has 0 radical (unpaired) electrons. The second-order valence-electron chi connectivity index (χ2n) is 4.50. The van der Waals surface area contributed by atoms with Crippen molar-refractivity contribution in [2.75, 3.05) is 11.6 Å². The smallest absolute Gasteiger partial charge is 0.264 e. The van der Waals surface area contributed by atoms with Crippen LogP contribution in [0.5, 0.6) is 0 Å². The molecule has 6 nitrogen and oxygen atoms in total. The molecule has 0 aliphatic carbocycles. The number of nitrogens with one attached hydrogen (secondary N) is 2. The van der Waals surface area contributed by atoms with E-state index in [1.54, 1.807) is 36.7 Å². The molecule has 2 N–H and O–H groups in total. The maximum atomic E-state index is 11.8. The van der Waals surface area contributed by atoms with Gasteiger partial charge in [0, 0.05) is 30.2 Å². The second kappa shape index (κ2) is 6.36. The number of aromatic nitrogens is 1. The Hall–Kier alpha value is -2.41. The van der Waals surface area contributed by atoms with Crippen LogP contribution in [0.2, 0.25) is 0 Å². The highest BCUT2D eigenvalue weighted by molar-refractivity contribution is 7.89. The number of benzene rings is 1. The Morgan fingerprint density at radius 2 is 2.05 bits per heavy atom. The van der Waals surface area contributed by atoms with E-state index < -0.39 is 15.9 Å². The van der Waals surface area contributed by atoms with Crippen molar-refractivity contribution in [1.29, 1.82) is 0 Å². The zero-order chi connectivity index (χ0) is 15.3. The molecule has 2 aromatic rings. The third-order valence-electron chi connectivity index (χ3n) is 2.62. The SMILES string of the molecule is CS(=O)(=O)NC(=O)c1cccc(NCc2cccnc2)c1. The molecular formula is C14H15N3O3S. The molecule has 110 valence electrons. The van der Waals surface area contributed by atoms with Crippen molar-refractivity contribution in [2.24, 2.45) is 0 Å². The van der Waals surface area contributed by atoms with E-state index in [4.69, 9.17) is 0 Å². The van der Waals surface area contributed by atoms with E-state index in [1.165, 1.54) is 0 Å². The van der Waals surface area contributed by atoms with E-state index in [2.05, 4.69) is 10.3 Å². The number of hydrogen-bond acceptors (Lipinski definition) is 5. The topological polar surface area (TPSA) is 88.2 Å². The lowest BCUT2D eigenvalue weighted by Gasteiger charge is -2.08. The summed E-state index contributed by atoms with van der Waals surface area (Å²) in [6, 6.07) is 10.4. The van der Waals surface area contributed by atoms with E-state index >= 15 is 0 Å². The summed E-state index contributed by atoms with van der Waals surface area (Å²) in [5, 5.41) is 3.15. The van der Waals surface area contributed by atoms with E-state index in [-0.39, 0.29) is 5.56 Å². The van der Waals surface area contributed by atoms with Crippen molar-refractivity contribution < 1.29 is 13.2 Å². The lowest BCUT2D eigenvalue weighted by Crippen LogP contribution is -2.29. The molecule has 0 unspecified atom stereocenters. The lowest BCUT2D eigenvalue weighted by molar-refractivity contribution is 0.0981. The standard InChI is InChI=1S/C14H15N3O3S/c1-21(19,20)17-14(18)12-5-2-6-13(8-12)16-10-11-4-3-7-15-9-11/h2-9,16H,10H2,1H3,(H,17,18). The van der Waals surface area contributed by atoms with Crippen LogP contribution in [0.4, 0.5) is 5.69 Å². The second-order valence-corrected chi connectivity index (χ2v) is 6.25. The Morgan fingerprint density at radius 3 is 2.71 bits per heavy atom. The molecular weight excluding hydrogens is 290 g/mol. The molecule has 1 heterocycles. The van der Waals surface area contributed by atoms with Gasteiger partial charge in [-0.05, 0) is 29.8 Å². The van der Waals surface area contributed by atoms with Crippen LogP contribution in [0.3, 0.4) is 0 Å². The number of nitrogens with zero attached hydrogens (tertiary/aromatic N) is 1. The van der Waals surface area contributed by atoms with Crippen molar-refractivity contribution in [3.63, 3.8) is 0 Å². The quantitative estimate of drug-likeness (QED) is 0.871. The molecule has 7 heteroatoms. The normalized spacial score (nSPS) is 10.9. The van der Waals surface area contributed by atoms with Gasteiger partial charge in [0.1, 0.15) is 0 Å². The van der Waals surface area contributed by atoms with Crippen molar-refractivity contribution in [2.45, 2.75) is 6.54 Å². The minimum Gasteiger partial charge on any atom is -0.381 e. The molecule has 1 aromatic heterocycles. The van der Waals surface area contributed by atoms with Gasteiger partial charge in [0.05, 0.1) is 6.26 Å². The molecule has 0 aliphatic heterocycles. The van der Waals surface area contributed by atoms with Gasteiger partial charge < -0.3 is 5.32 Å². The van der Waals surface area contributed by atoms with Crippen molar-refractivity contribution in [3.05, 3.63) is 59.9 Å². The van der Waals surface area contributed by atoms with Crippen LogP contribution in [0.1, 0.15) is 15.9 Å². The molecule has 1 aromatic carbocycles. The fraction of sp³-hybridized carbons (Fsp3) is 0.143. The fourth-order valence-electron chi connectivity index (χ4n) is 1.70. The monoisotopic (exact) mass is 305 g/mol. The van der Waals surface area contributed by atoms with Crippen LogP contribution in [-0.2, 0) is 16.6 Å². The number of sulfonamides is 1. The highest BCUT2D eigenvalue weighted by Crippen LogP contribution is 2.12. The van der Waals surface area contributed by atoms with Gasteiger partial charge in [-0.25, -0.2) is 13.1 Å². The van der Waals surface area contributed by atoms with Gasteiger partial charge in [-0.2, -0.15) is 0 Å². The zero-order valence-electron chi connectivity index (χ0n) is 11.4. The number of rotatable bonds is 5. The van der Waals surface area contributed by atoms with Gasteiger partial charge in [-0.1, -0.05) is 12.1 Å². The van der Waals surface area contributed by atoms with E-state index in [9.17, 15) is 13.2 Å². The van der Waals surface area contributed by atoms with E-state index in [0.717, 1.165) is 17.5 Å². The van der Waals surface area contributed by atoms with Gasteiger partial charge in [-0.15, -0.1) is 0 Å². The first-order valence-electron chi connectivity index (χ1n) is 6.19. The minimum atomic E-state index is -3.57. The Morgan fingerprint density at radius 1 is 1.24 bits per heavy atom. The first-order valence-corrected chi connectivity index (χ1v) is 8.08. The molecule has 1 amide bonds. The molecule has 0 spiro atoms. The predicted molar refractivity (Wildman–Crippen MR) is 80.3 cm³/mol. The average Bonchev–Trinajstić information content (AvgIpc) is 2.45.